The zero-order chi connectivity index (χ0) is 13.7. The standard InChI is InChI=1S/C15H23NO3/c1-18-14-6-7-15(19-2)11(8-14)10-16-12-4-3-5-13(17)9-12/h6-8,12-13,16-17H,3-5,9-10H2,1-2H3. The van der Waals surface area contributed by atoms with Gasteiger partial charge in [0.2, 0.25) is 0 Å². The summed E-state index contributed by atoms with van der Waals surface area (Å²) in [7, 11) is 3.34. The van der Waals surface area contributed by atoms with Gasteiger partial charge in [0.25, 0.3) is 0 Å². The van der Waals surface area contributed by atoms with Crippen LogP contribution in [0.3, 0.4) is 0 Å². The van der Waals surface area contributed by atoms with Crippen LogP contribution < -0.4 is 14.8 Å². The van der Waals surface area contributed by atoms with Crippen LogP contribution in [0.25, 0.3) is 0 Å². The van der Waals surface area contributed by atoms with Gasteiger partial charge in [-0.05, 0) is 43.9 Å². The lowest BCUT2D eigenvalue weighted by Gasteiger charge is -2.27. The number of benzene rings is 1. The summed E-state index contributed by atoms with van der Waals surface area (Å²) >= 11 is 0. The molecule has 0 aliphatic heterocycles. The second kappa shape index (κ2) is 6.78. The van der Waals surface area contributed by atoms with E-state index < -0.39 is 0 Å². The Labute approximate surface area is 114 Å². The minimum atomic E-state index is -0.154. The number of methoxy groups -OCH3 is 2. The third kappa shape index (κ3) is 3.85. The van der Waals surface area contributed by atoms with Crippen LogP contribution in [0.4, 0.5) is 0 Å². The molecule has 0 saturated heterocycles. The Hall–Kier alpha value is -1.26. The second-order valence-electron chi connectivity index (χ2n) is 5.08. The SMILES string of the molecule is COc1ccc(OC)c(CNC2CCCC(O)C2)c1. The molecule has 0 heterocycles. The normalized spacial score (nSPS) is 23.1. The molecule has 2 unspecified atom stereocenters. The van der Waals surface area contributed by atoms with Gasteiger partial charge in [-0.1, -0.05) is 0 Å². The lowest BCUT2D eigenvalue weighted by Crippen LogP contribution is -2.35. The molecule has 0 radical (unpaired) electrons. The van der Waals surface area contributed by atoms with Gasteiger partial charge in [-0.3, -0.25) is 0 Å². The summed E-state index contributed by atoms with van der Waals surface area (Å²) in [5, 5.41) is 13.2. The summed E-state index contributed by atoms with van der Waals surface area (Å²) < 4.78 is 10.6. The molecule has 1 aliphatic rings. The average Bonchev–Trinajstić information content (AvgIpc) is 2.45. The molecule has 19 heavy (non-hydrogen) atoms. The quantitative estimate of drug-likeness (QED) is 0.856. The van der Waals surface area contributed by atoms with Gasteiger partial charge in [0, 0.05) is 18.2 Å². The molecule has 1 aromatic rings. The predicted molar refractivity (Wildman–Crippen MR) is 74.6 cm³/mol. The van der Waals surface area contributed by atoms with E-state index in [0.29, 0.717) is 6.04 Å². The van der Waals surface area contributed by atoms with E-state index in [9.17, 15) is 5.11 Å². The number of aliphatic hydroxyl groups is 1. The van der Waals surface area contributed by atoms with E-state index in [1.165, 1.54) is 0 Å². The molecule has 1 fully saturated rings. The molecular weight excluding hydrogens is 242 g/mol. The molecule has 4 nitrogen and oxygen atoms in total. The molecule has 106 valence electrons. The summed E-state index contributed by atoms with van der Waals surface area (Å²) in [4.78, 5) is 0. The minimum Gasteiger partial charge on any atom is -0.497 e. The average molecular weight is 265 g/mol. The van der Waals surface area contributed by atoms with Crippen molar-refractivity contribution in [1.82, 2.24) is 5.32 Å². The molecular formula is C15H23NO3. The van der Waals surface area contributed by atoms with Gasteiger partial charge in [-0.2, -0.15) is 0 Å². The molecule has 0 amide bonds. The van der Waals surface area contributed by atoms with Gasteiger partial charge >= 0.3 is 0 Å². The fourth-order valence-corrected chi connectivity index (χ4v) is 2.62. The van der Waals surface area contributed by atoms with Gasteiger partial charge in [0.1, 0.15) is 11.5 Å². The van der Waals surface area contributed by atoms with E-state index >= 15 is 0 Å². The number of hydrogen-bond donors (Lipinski definition) is 2. The maximum absolute atomic E-state index is 9.68. The van der Waals surface area contributed by atoms with Gasteiger partial charge in [0.05, 0.1) is 20.3 Å². The Morgan fingerprint density at radius 1 is 1.26 bits per heavy atom. The summed E-state index contributed by atoms with van der Waals surface area (Å²) in [5.74, 6) is 1.70. The summed E-state index contributed by atoms with van der Waals surface area (Å²) in [6, 6.07) is 6.20. The topological polar surface area (TPSA) is 50.7 Å². The Morgan fingerprint density at radius 2 is 2.11 bits per heavy atom. The van der Waals surface area contributed by atoms with Crippen molar-refractivity contribution >= 4 is 0 Å². The molecule has 1 saturated carbocycles. The Morgan fingerprint density at radius 3 is 2.79 bits per heavy atom. The highest BCUT2D eigenvalue weighted by atomic mass is 16.5. The van der Waals surface area contributed by atoms with Crippen molar-refractivity contribution < 1.29 is 14.6 Å². The molecule has 0 aromatic heterocycles. The van der Waals surface area contributed by atoms with Gasteiger partial charge < -0.3 is 19.9 Å². The highest BCUT2D eigenvalue weighted by Crippen LogP contribution is 2.25. The summed E-state index contributed by atoms with van der Waals surface area (Å²) in [5.41, 5.74) is 1.09. The first-order valence-corrected chi connectivity index (χ1v) is 6.85. The number of hydrogen-bond acceptors (Lipinski definition) is 4. The molecule has 4 heteroatoms. The zero-order valence-corrected chi connectivity index (χ0v) is 11.7. The third-order valence-corrected chi connectivity index (χ3v) is 3.72. The monoisotopic (exact) mass is 265 g/mol. The van der Waals surface area contributed by atoms with Gasteiger partial charge in [-0.25, -0.2) is 0 Å². The van der Waals surface area contributed by atoms with Crippen LogP contribution in [0.1, 0.15) is 31.2 Å². The predicted octanol–water partition coefficient (Wildman–Crippen LogP) is 2.10. The van der Waals surface area contributed by atoms with Crippen LogP contribution in [-0.4, -0.2) is 31.5 Å². The molecule has 1 aromatic carbocycles. The lowest BCUT2D eigenvalue weighted by atomic mass is 9.93. The van der Waals surface area contributed by atoms with Crippen molar-refractivity contribution in [3.8, 4) is 11.5 Å². The van der Waals surface area contributed by atoms with E-state index in [2.05, 4.69) is 5.32 Å². The maximum atomic E-state index is 9.68. The van der Waals surface area contributed by atoms with Crippen molar-refractivity contribution in [2.45, 2.75) is 44.4 Å². The van der Waals surface area contributed by atoms with Crippen LogP contribution in [0.15, 0.2) is 18.2 Å². The Bertz CT molecular complexity index is 408. The summed E-state index contributed by atoms with van der Waals surface area (Å²) in [6.45, 7) is 0.734. The smallest absolute Gasteiger partial charge is 0.123 e. The van der Waals surface area contributed by atoms with Crippen molar-refractivity contribution in [2.75, 3.05) is 14.2 Å². The van der Waals surface area contributed by atoms with Crippen molar-refractivity contribution in [2.24, 2.45) is 0 Å². The van der Waals surface area contributed by atoms with E-state index in [-0.39, 0.29) is 6.10 Å². The number of rotatable bonds is 5. The van der Waals surface area contributed by atoms with E-state index in [1.807, 2.05) is 18.2 Å². The highest BCUT2D eigenvalue weighted by molar-refractivity contribution is 5.40. The first kappa shape index (κ1) is 14.2. The zero-order valence-electron chi connectivity index (χ0n) is 11.7. The molecule has 0 spiro atoms. The molecule has 2 rings (SSSR count). The van der Waals surface area contributed by atoms with E-state index in [1.54, 1.807) is 14.2 Å². The van der Waals surface area contributed by atoms with Gasteiger partial charge in [0.15, 0.2) is 0 Å². The minimum absolute atomic E-state index is 0.154. The van der Waals surface area contributed by atoms with Crippen molar-refractivity contribution in [3.05, 3.63) is 23.8 Å². The van der Waals surface area contributed by atoms with Crippen LogP contribution in [0.2, 0.25) is 0 Å². The highest BCUT2D eigenvalue weighted by Gasteiger charge is 2.19. The first-order valence-electron chi connectivity index (χ1n) is 6.85. The van der Waals surface area contributed by atoms with Gasteiger partial charge in [-0.15, -0.1) is 0 Å². The fraction of sp³-hybridized carbons (Fsp3) is 0.600. The van der Waals surface area contributed by atoms with Crippen LogP contribution >= 0.6 is 0 Å². The van der Waals surface area contributed by atoms with E-state index in [0.717, 1.165) is 49.3 Å². The first-order chi connectivity index (χ1) is 9.22. The van der Waals surface area contributed by atoms with Crippen LogP contribution in [-0.2, 0) is 6.54 Å². The Kier molecular flexibility index (Phi) is 5.05. The fourth-order valence-electron chi connectivity index (χ4n) is 2.62. The number of nitrogens with one attached hydrogen (secondary N) is 1. The van der Waals surface area contributed by atoms with Crippen LogP contribution in [0.5, 0.6) is 11.5 Å². The van der Waals surface area contributed by atoms with Crippen molar-refractivity contribution in [1.29, 1.82) is 0 Å². The lowest BCUT2D eigenvalue weighted by molar-refractivity contribution is 0.111. The summed E-state index contributed by atoms with van der Waals surface area (Å²) in [6.07, 6.45) is 3.84. The van der Waals surface area contributed by atoms with E-state index in [4.69, 9.17) is 9.47 Å². The molecule has 2 atom stereocenters. The number of aliphatic hydroxyl groups excluding tert-OH is 1. The van der Waals surface area contributed by atoms with Crippen molar-refractivity contribution in [3.63, 3.8) is 0 Å². The molecule has 1 aliphatic carbocycles. The largest absolute Gasteiger partial charge is 0.497 e. The molecule has 0 bridgehead atoms. The second-order valence-corrected chi connectivity index (χ2v) is 5.08. The number of ether oxygens (including phenoxy) is 2. The third-order valence-electron chi connectivity index (χ3n) is 3.72. The molecule has 2 N–H and O–H groups in total. The maximum Gasteiger partial charge on any atom is 0.123 e. The van der Waals surface area contributed by atoms with Crippen LogP contribution in [0, 0.1) is 0 Å². The Balaban J connectivity index is 1.97.